The molecule has 2 heterocycles. The molecule has 3 nitrogen and oxygen atoms in total. The number of benzene rings is 2. The lowest BCUT2D eigenvalue weighted by atomic mass is 10.0. The fraction of sp³-hybridized carbons (Fsp3) is 0.368. The van der Waals surface area contributed by atoms with E-state index in [0.717, 1.165) is 36.8 Å². The van der Waals surface area contributed by atoms with Gasteiger partial charge in [0.1, 0.15) is 11.6 Å². The Kier molecular flexibility index (Phi) is 3.88. The van der Waals surface area contributed by atoms with Gasteiger partial charge in [-0.1, -0.05) is 12.1 Å². The molecule has 2 fully saturated rings. The molecule has 126 valence electrons. The fourth-order valence-corrected chi connectivity index (χ4v) is 3.77. The van der Waals surface area contributed by atoms with Crippen LogP contribution in [-0.2, 0) is 0 Å². The Balaban J connectivity index is 1.70. The highest BCUT2D eigenvalue weighted by atomic mass is 19.1. The second kappa shape index (κ2) is 6.06. The minimum Gasteiger partial charge on any atom is -0.389 e. The highest BCUT2D eigenvalue weighted by molar-refractivity contribution is 5.73. The Bertz CT molecular complexity index is 746. The number of nitrogens with zero attached hydrogens (tertiary/aromatic N) is 2. The number of rotatable bonds is 3. The molecule has 2 aromatic rings. The lowest BCUT2D eigenvalue weighted by Gasteiger charge is -2.41. The van der Waals surface area contributed by atoms with E-state index in [1.807, 2.05) is 24.3 Å². The van der Waals surface area contributed by atoms with E-state index in [1.54, 1.807) is 0 Å². The van der Waals surface area contributed by atoms with Crippen LogP contribution >= 0.6 is 0 Å². The summed E-state index contributed by atoms with van der Waals surface area (Å²) in [6.07, 6.45) is 1.46. The van der Waals surface area contributed by atoms with Gasteiger partial charge in [-0.15, -0.1) is 0 Å². The predicted molar refractivity (Wildman–Crippen MR) is 90.3 cm³/mol. The van der Waals surface area contributed by atoms with Crippen molar-refractivity contribution in [1.29, 1.82) is 0 Å². The quantitative estimate of drug-likeness (QED) is 0.933. The van der Waals surface area contributed by atoms with E-state index in [1.165, 1.54) is 12.1 Å². The van der Waals surface area contributed by atoms with Crippen molar-refractivity contribution in [3.05, 3.63) is 59.7 Å². The molecule has 0 aliphatic carbocycles. The number of aliphatic hydroxyl groups excluding tert-OH is 1. The normalized spacial score (nSPS) is 21.2. The summed E-state index contributed by atoms with van der Waals surface area (Å²) in [5, 5.41) is 9.59. The SMILES string of the molecule is OC1CN(c2ccccc2N2CCCC2c2cc(F)ccc2F)C1. The van der Waals surface area contributed by atoms with Crippen LogP contribution in [0.1, 0.15) is 24.4 Å². The average molecular weight is 330 g/mol. The third-order valence-corrected chi connectivity index (χ3v) is 4.96. The van der Waals surface area contributed by atoms with E-state index in [4.69, 9.17) is 0 Å². The summed E-state index contributed by atoms with van der Waals surface area (Å²) in [6.45, 7) is 2.04. The molecule has 24 heavy (non-hydrogen) atoms. The van der Waals surface area contributed by atoms with Gasteiger partial charge in [-0.25, -0.2) is 8.78 Å². The van der Waals surface area contributed by atoms with Crippen molar-refractivity contribution in [1.82, 2.24) is 0 Å². The second-order valence-corrected chi connectivity index (χ2v) is 6.56. The van der Waals surface area contributed by atoms with E-state index < -0.39 is 5.82 Å². The molecule has 2 aromatic carbocycles. The zero-order valence-corrected chi connectivity index (χ0v) is 13.3. The summed E-state index contributed by atoms with van der Waals surface area (Å²) >= 11 is 0. The Morgan fingerprint density at radius 2 is 1.75 bits per heavy atom. The molecule has 5 heteroatoms. The standard InChI is InChI=1S/C19H20F2N2O/c20-13-7-8-16(21)15(10-13)17-6-3-9-23(17)19-5-2-1-4-18(19)22-11-14(24)12-22/h1-2,4-5,7-8,10,14,17,24H,3,6,9,11-12H2. The summed E-state index contributed by atoms with van der Waals surface area (Å²) in [6, 6.07) is 11.5. The van der Waals surface area contributed by atoms with Crippen LogP contribution in [0.2, 0.25) is 0 Å². The molecule has 0 radical (unpaired) electrons. The maximum Gasteiger partial charge on any atom is 0.128 e. The van der Waals surface area contributed by atoms with Crippen LogP contribution in [0.5, 0.6) is 0 Å². The van der Waals surface area contributed by atoms with Crippen LogP contribution in [0.15, 0.2) is 42.5 Å². The highest BCUT2D eigenvalue weighted by Gasteiger charge is 2.33. The van der Waals surface area contributed by atoms with Gasteiger partial charge < -0.3 is 14.9 Å². The van der Waals surface area contributed by atoms with Crippen molar-refractivity contribution >= 4 is 11.4 Å². The van der Waals surface area contributed by atoms with E-state index in [2.05, 4.69) is 9.80 Å². The molecule has 0 saturated carbocycles. The first-order valence-electron chi connectivity index (χ1n) is 8.37. The minimum atomic E-state index is -0.405. The summed E-state index contributed by atoms with van der Waals surface area (Å²) in [5.41, 5.74) is 2.49. The van der Waals surface area contributed by atoms with Gasteiger partial charge in [0.05, 0.1) is 23.5 Å². The van der Waals surface area contributed by atoms with Crippen molar-refractivity contribution < 1.29 is 13.9 Å². The van der Waals surface area contributed by atoms with Gasteiger partial charge in [0.15, 0.2) is 0 Å². The average Bonchev–Trinajstić information content (AvgIpc) is 3.03. The number of halogens is 2. The molecule has 2 aliphatic rings. The number of anilines is 2. The molecule has 1 N–H and O–H groups in total. The lowest BCUT2D eigenvalue weighted by molar-refractivity contribution is 0.142. The van der Waals surface area contributed by atoms with Gasteiger partial charge in [0.25, 0.3) is 0 Å². The van der Waals surface area contributed by atoms with E-state index in [9.17, 15) is 13.9 Å². The molecule has 0 bridgehead atoms. The molecule has 2 aliphatic heterocycles. The Labute approximate surface area is 140 Å². The van der Waals surface area contributed by atoms with Crippen LogP contribution in [0.25, 0.3) is 0 Å². The van der Waals surface area contributed by atoms with Gasteiger partial charge in [0.2, 0.25) is 0 Å². The largest absolute Gasteiger partial charge is 0.389 e. The number of hydrogen-bond donors (Lipinski definition) is 1. The monoisotopic (exact) mass is 330 g/mol. The smallest absolute Gasteiger partial charge is 0.128 e. The second-order valence-electron chi connectivity index (χ2n) is 6.56. The number of hydrogen-bond acceptors (Lipinski definition) is 3. The summed E-state index contributed by atoms with van der Waals surface area (Å²) in [5.74, 6) is -0.762. The maximum atomic E-state index is 14.3. The third-order valence-electron chi connectivity index (χ3n) is 4.96. The van der Waals surface area contributed by atoms with E-state index in [0.29, 0.717) is 18.7 Å². The number of para-hydroxylation sites is 2. The van der Waals surface area contributed by atoms with Crippen molar-refractivity contribution in [3.63, 3.8) is 0 Å². The first-order valence-corrected chi connectivity index (χ1v) is 8.37. The molecule has 0 spiro atoms. The Hall–Kier alpha value is -2.14. The van der Waals surface area contributed by atoms with Gasteiger partial charge >= 0.3 is 0 Å². The molecule has 2 saturated heterocycles. The summed E-state index contributed by atoms with van der Waals surface area (Å²) < 4.78 is 27.9. The maximum absolute atomic E-state index is 14.3. The Morgan fingerprint density at radius 1 is 1.00 bits per heavy atom. The molecule has 1 unspecified atom stereocenters. The van der Waals surface area contributed by atoms with Gasteiger partial charge in [-0.2, -0.15) is 0 Å². The van der Waals surface area contributed by atoms with Crippen LogP contribution in [0.4, 0.5) is 20.2 Å². The molecular weight excluding hydrogens is 310 g/mol. The van der Waals surface area contributed by atoms with Gasteiger partial charge in [0, 0.05) is 25.2 Å². The lowest BCUT2D eigenvalue weighted by Crippen LogP contribution is -2.51. The molecular formula is C19H20F2N2O. The summed E-state index contributed by atoms with van der Waals surface area (Å²) in [4.78, 5) is 4.29. The number of β-amino-alcohol motifs (C(OH)–C–C–N with tert-alkyl or cyclic N) is 1. The van der Waals surface area contributed by atoms with E-state index in [-0.39, 0.29) is 18.0 Å². The molecule has 1 atom stereocenters. The van der Waals surface area contributed by atoms with Crippen LogP contribution < -0.4 is 9.80 Å². The number of aliphatic hydroxyl groups is 1. The van der Waals surface area contributed by atoms with Crippen molar-refractivity contribution in [2.75, 3.05) is 29.4 Å². The third kappa shape index (κ3) is 2.63. The van der Waals surface area contributed by atoms with Gasteiger partial charge in [-0.3, -0.25) is 0 Å². The topological polar surface area (TPSA) is 26.7 Å². The molecule has 0 aromatic heterocycles. The highest BCUT2D eigenvalue weighted by Crippen LogP contribution is 2.42. The van der Waals surface area contributed by atoms with Gasteiger partial charge in [-0.05, 0) is 43.2 Å². The van der Waals surface area contributed by atoms with Crippen LogP contribution in [0.3, 0.4) is 0 Å². The Morgan fingerprint density at radius 3 is 2.50 bits per heavy atom. The first-order chi connectivity index (χ1) is 11.6. The minimum absolute atomic E-state index is 0.159. The summed E-state index contributed by atoms with van der Waals surface area (Å²) in [7, 11) is 0. The van der Waals surface area contributed by atoms with Crippen molar-refractivity contribution in [2.45, 2.75) is 25.0 Å². The zero-order valence-electron chi connectivity index (χ0n) is 13.3. The molecule has 0 amide bonds. The fourth-order valence-electron chi connectivity index (χ4n) is 3.77. The zero-order chi connectivity index (χ0) is 16.7. The predicted octanol–water partition coefficient (Wildman–Crippen LogP) is 3.49. The van der Waals surface area contributed by atoms with Crippen molar-refractivity contribution in [2.24, 2.45) is 0 Å². The van der Waals surface area contributed by atoms with Crippen LogP contribution in [0, 0.1) is 11.6 Å². The molecule has 4 rings (SSSR count). The first kappa shape index (κ1) is 15.4. The van der Waals surface area contributed by atoms with Crippen LogP contribution in [-0.4, -0.2) is 30.8 Å². The van der Waals surface area contributed by atoms with E-state index >= 15 is 0 Å². The van der Waals surface area contributed by atoms with Crippen molar-refractivity contribution in [3.8, 4) is 0 Å².